The van der Waals surface area contributed by atoms with Gasteiger partial charge in [-0.15, -0.1) is 11.3 Å². The molecule has 0 unspecified atom stereocenters. The number of hydrogen-bond donors (Lipinski definition) is 1. The van der Waals surface area contributed by atoms with Gasteiger partial charge < -0.3 is 5.32 Å². The van der Waals surface area contributed by atoms with Crippen LogP contribution in [0.3, 0.4) is 0 Å². The number of rotatable bonds is 4. The lowest BCUT2D eigenvalue weighted by Gasteiger charge is -2.08. The molecular weight excluding hydrogens is 338 g/mol. The number of hydrogen-bond acceptors (Lipinski definition) is 4. The number of fused-ring (bicyclic) bond motifs is 1. The predicted octanol–water partition coefficient (Wildman–Crippen LogP) is 3.33. The average Bonchev–Trinajstić information content (AvgIpc) is 2.93. The molecule has 0 aliphatic rings. The molecule has 2 heterocycles. The minimum absolute atomic E-state index is 0.0221. The van der Waals surface area contributed by atoms with Gasteiger partial charge in [-0.3, -0.25) is 9.36 Å². The summed E-state index contributed by atoms with van der Waals surface area (Å²) >= 11 is 4.89. The third-order valence-corrected chi connectivity index (χ3v) is 4.33. The number of nitrogens with zero attached hydrogens (tertiary/aromatic N) is 2. The van der Waals surface area contributed by atoms with Crippen molar-refractivity contribution in [3.05, 3.63) is 56.9 Å². The van der Waals surface area contributed by atoms with E-state index in [2.05, 4.69) is 26.2 Å². The zero-order chi connectivity index (χ0) is 13.9. The lowest BCUT2D eigenvalue weighted by molar-refractivity contribution is 0.690. The third kappa shape index (κ3) is 2.76. The first-order chi connectivity index (χ1) is 9.74. The number of aromatic nitrogens is 2. The lowest BCUT2D eigenvalue weighted by atomic mass is 10.3. The van der Waals surface area contributed by atoms with E-state index in [1.54, 1.807) is 10.9 Å². The Bertz CT molecular complexity index is 779. The molecule has 102 valence electrons. The van der Waals surface area contributed by atoms with Crippen LogP contribution in [0.25, 0.3) is 10.2 Å². The van der Waals surface area contributed by atoms with E-state index in [0.717, 1.165) is 15.0 Å². The van der Waals surface area contributed by atoms with E-state index < -0.39 is 0 Å². The smallest absolute Gasteiger partial charge is 0.262 e. The van der Waals surface area contributed by atoms with E-state index in [1.165, 1.54) is 11.3 Å². The maximum Gasteiger partial charge on any atom is 0.262 e. The number of anilines is 1. The molecule has 4 nitrogen and oxygen atoms in total. The molecule has 1 N–H and O–H groups in total. The van der Waals surface area contributed by atoms with Crippen LogP contribution in [0.4, 0.5) is 5.69 Å². The Labute approximate surface area is 128 Å². The summed E-state index contributed by atoms with van der Waals surface area (Å²) in [7, 11) is 0. The monoisotopic (exact) mass is 349 g/mol. The molecule has 1 aromatic carbocycles. The summed E-state index contributed by atoms with van der Waals surface area (Å²) in [4.78, 5) is 17.3. The van der Waals surface area contributed by atoms with Crippen LogP contribution in [0, 0.1) is 0 Å². The van der Waals surface area contributed by atoms with Crippen molar-refractivity contribution >= 4 is 43.2 Å². The van der Waals surface area contributed by atoms with Crippen LogP contribution in [-0.2, 0) is 6.54 Å². The van der Waals surface area contributed by atoms with E-state index in [4.69, 9.17) is 0 Å². The second-order valence-electron chi connectivity index (χ2n) is 4.32. The summed E-state index contributed by atoms with van der Waals surface area (Å²) in [6.45, 7) is 1.27. The molecule has 0 amide bonds. The first-order valence-electron chi connectivity index (χ1n) is 6.16. The van der Waals surface area contributed by atoms with Crippen LogP contribution in [-0.4, -0.2) is 16.1 Å². The summed E-state index contributed by atoms with van der Waals surface area (Å²) in [6, 6.07) is 9.77. The average molecular weight is 350 g/mol. The van der Waals surface area contributed by atoms with Crippen molar-refractivity contribution in [1.29, 1.82) is 0 Å². The third-order valence-electron chi connectivity index (χ3n) is 2.98. The summed E-state index contributed by atoms with van der Waals surface area (Å²) in [5.74, 6) is 0. The highest BCUT2D eigenvalue weighted by Gasteiger charge is 2.04. The number of benzene rings is 1. The van der Waals surface area contributed by atoms with Gasteiger partial charge in [0.05, 0.1) is 11.7 Å². The normalized spacial score (nSPS) is 10.8. The number of nitrogens with one attached hydrogen (secondary N) is 1. The zero-order valence-corrected chi connectivity index (χ0v) is 12.9. The van der Waals surface area contributed by atoms with Crippen LogP contribution in [0.2, 0.25) is 0 Å². The van der Waals surface area contributed by atoms with Gasteiger partial charge in [0.25, 0.3) is 5.56 Å². The molecule has 0 aliphatic heterocycles. The first kappa shape index (κ1) is 13.3. The van der Waals surface area contributed by atoms with Gasteiger partial charge in [0.1, 0.15) is 4.83 Å². The fourth-order valence-electron chi connectivity index (χ4n) is 1.94. The van der Waals surface area contributed by atoms with E-state index in [9.17, 15) is 4.79 Å². The van der Waals surface area contributed by atoms with Crippen LogP contribution >= 0.6 is 27.3 Å². The Morgan fingerprint density at radius 3 is 2.85 bits per heavy atom. The van der Waals surface area contributed by atoms with Gasteiger partial charge in [-0.1, -0.05) is 15.9 Å². The van der Waals surface area contributed by atoms with E-state index in [1.807, 2.05) is 35.7 Å². The van der Waals surface area contributed by atoms with E-state index in [0.29, 0.717) is 18.5 Å². The van der Waals surface area contributed by atoms with Gasteiger partial charge in [-0.2, -0.15) is 0 Å². The number of thiophene rings is 1. The van der Waals surface area contributed by atoms with Gasteiger partial charge in [0, 0.05) is 23.2 Å². The Kier molecular flexibility index (Phi) is 3.84. The largest absolute Gasteiger partial charge is 0.383 e. The highest BCUT2D eigenvalue weighted by Crippen LogP contribution is 2.14. The molecule has 3 aromatic rings. The van der Waals surface area contributed by atoms with Gasteiger partial charge >= 0.3 is 0 Å². The molecule has 6 heteroatoms. The molecule has 0 spiro atoms. The second kappa shape index (κ2) is 5.76. The summed E-state index contributed by atoms with van der Waals surface area (Å²) < 4.78 is 2.69. The fourth-order valence-corrected chi connectivity index (χ4v) is 2.93. The van der Waals surface area contributed by atoms with Crippen molar-refractivity contribution in [1.82, 2.24) is 9.55 Å². The predicted molar refractivity (Wildman–Crippen MR) is 86.5 cm³/mol. The summed E-state index contributed by atoms with van der Waals surface area (Å²) in [5.41, 5.74) is 1.06. The molecule has 20 heavy (non-hydrogen) atoms. The van der Waals surface area contributed by atoms with Crippen LogP contribution in [0.1, 0.15) is 0 Å². The Morgan fingerprint density at radius 1 is 1.25 bits per heavy atom. The van der Waals surface area contributed by atoms with Crippen molar-refractivity contribution in [3.63, 3.8) is 0 Å². The topological polar surface area (TPSA) is 46.9 Å². The summed E-state index contributed by atoms with van der Waals surface area (Å²) in [6.07, 6.45) is 1.62. The Hall–Kier alpha value is -1.66. The standard InChI is InChI=1S/C14H12BrN3OS/c15-10-1-3-11(4-2-10)16-6-7-18-9-17-13-12(14(18)19)5-8-20-13/h1-5,8-9,16H,6-7H2. The molecule has 0 saturated heterocycles. The van der Waals surface area contributed by atoms with E-state index in [-0.39, 0.29) is 5.56 Å². The lowest BCUT2D eigenvalue weighted by Crippen LogP contribution is -2.23. The van der Waals surface area contributed by atoms with Gasteiger partial charge in [-0.25, -0.2) is 4.98 Å². The molecule has 3 rings (SSSR count). The maximum absolute atomic E-state index is 12.2. The fraction of sp³-hybridized carbons (Fsp3) is 0.143. The van der Waals surface area contributed by atoms with E-state index >= 15 is 0 Å². The molecule has 0 fully saturated rings. The summed E-state index contributed by atoms with van der Waals surface area (Å²) in [5, 5.41) is 5.87. The molecule has 0 radical (unpaired) electrons. The van der Waals surface area contributed by atoms with Gasteiger partial charge in [0.15, 0.2) is 0 Å². The molecule has 0 atom stereocenters. The maximum atomic E-state index is 12.2. The highest BCUT2D eigenvalue weighted by atomic mass is 79.9. The van der Waals surface area contributed by atoms with Crippen LogP contribution in [0.5, 0.6) is 0 Å². The zero-order valence-electron chi connectivity index (χ0n) is 10.5. The van der Waals surface area contributed by atoms with Crippen molar-refractivity contribution in [2.45, 2.75) is 6.54 Å². The number of halogens is 1. The second-order valence-corrected chi connectivity index (χ2v) is 6.13. The molecule has 0 bridgehead atoms. The van der Waals surface area contributed by atoms with Gasteiger partial charge in [0.2, 0.25) is 0 Å². The minimum Gasteiger partial charge on any atom is -0.383 e. The van der Waals surface area contributed by atoms with Crippen molar-refractivity contribution < 1.29 is 0 Å². The Morgan fingerprint density at radius 2 is 2.05 bits per heavy atom. The Balaban J connectivity index is 1.69. The van der Waals surface area contributed by atoms with Crippen LogP contribution in [0.15, 0.2) is 51.3 Å². The van der Waals surface area contributed by atoms with Crippen molar-refractivity contribution in [2.75, 3.05) is 11.9 Å². The molecule has 0 aliphatic carbocycles. The molecular formula is C14H12BrN3OS. The van der Waals surface area contributed by atoms with Crippen molar-refractivity contribution in [2.24, 2.45) is 0 Å². The quantitative estimate of drug-likeness (QED) is 0.785. The first-order valence-corrected chi connectivity index (χ1v) is 7.83. The van der Waals surface area contributed by atoms with Crippen molar-refractivity contribution in [3.8, 4) is 0 Å². The van der Waals surface area contributed by atoms with Crippen LogP contribution < -0.4 is 10.9 Å². The molecule has 0 saturated carbocycles. The van der Waals surface area contributed by atoms with Gasteiger partial charge in [-0.05, 0) is 35.7 Å². The SMILES string of the molecule is O=c1c2ccsc2ncn1CCNc1ccc(Br)cc1. The minimum atomic E-state index is 0.0221. The molecule has 2 aromatic heterocycles. The highest BCUT2D eigenvalue weighted by molar-refractivity contribution is 9.10.